The van der Waals surface area contributed by atoms with Gasteiger partial charge in [0, 0.05) is 24.3 Å². The van der Waals surface area contributed by atoms with Crippen molar-refractivity contribution in [1.29, 1.82) is 0 Å². The quantitative estimate of drug-likeness (QED) is 0.279. The van der Waals surface area contributed by atoms with E-state index >= 15 is 0 Å². The van der Waals surface area contributed by atoms with E-state index in [-0.39, 0.29) is 18.3 Å². The van der Waals surface area contributed by atoms with E-state index in [0.717, 1.165) is 6.42 Å². The van der Waals surface area contributed by atoms with Gasteiger partial charge in [0.2, 0.25) is 11.8 Å². The van der Waals surface area contributed by atoms with Crippen LogP contribution >= 0.6 is 11.6 Å². The second-order valence-corrected chi connectivity index (χ2v) is 10.3. The van der Waals surface area contributed by atoms with Crippen LogP contribution < -0.4 is 16.0 Å². The zero-order chi connectivity index (χ0) is 27.1. The van der Waals surface area contributed by atoms with E-state index in [2.05, 4.69) is 20.9 Å². The Bertz CT molecular complexity index is 1290. The first-order valence-electron chi connectivity index (χ1n) is 11.8. The lowest BCUT2D eigenvalue weighted by atomic mass is 9.98. The molecule has 3 heterocycles. The average molecular weight is 536 g/mol. The van der Waals surface area contributed by atoms with Gasteiger partial charge >= 0.3 is 5.97 Å². The van der Waals surface area contributed by atoms with Gasteiger partial charge in [-0.25, -0.2) is 9.79 Å². The van der Waals surface area contributed by atoms with E-state index < -0.39 is 47.6 Å². The highest BCUT2D eigenvalue weighted by Gasteiger charge is 2.45. The van der Waals surface area contributed by atoms with Crippen LogP contribution in [0.1, 0.15) is 32.3 Å². The van der Waals surface area contributed by atoms with Gasteiger partial charge in [-0.3, -0.25) is 9.59 Å². The molecule has 1 aromatic heterocycles. The molecule has 0 radical (unpaired) electrons. The molecular formula is C24H30ClN5O7. The molecule has 0 aliphatic carbocycles. The van der Waals surface area contributed by atoms with Crippen LogP contribution in [0.3, 0.4) is 0 Å². The minimum Gasteiger partial charge on any atom is -0.507 e. The number of carboxylic acid groups (broad SMARTS) is 1. The lowest BCUT2D eigenvalue weighted by Crippen LogP contribution is -2.64. The van der Waals surface area contributed by atoms with Gasteiger partial charge in [-0.2, -0.15) is 0 Å². The number of aryl methyl sites for hydroxylation is 1. The van der Waals surface area contributed by atoms with Crippen LogP contribution in [-0.4, -0.2) is 86.5 Å². The van der Waals surface area contributed by atoms with Crippen molar-refractivity contribution in [3.63, 3.8) is 0 Å². The number of aliphatic imine (C=N–C) groups is 1. The number of nitrogens with one attached hydrogen (secondary N) is 3. The first kappa shape index (κ1) is 26.7. The van der Waals surface area contributed by atoms with Gasteiger partial charge in [0.05, 0.1) is 23.1 Å². The van der Waals surface area contributed by atoms with Crippen molar-refractivity contribution < 1.29 is 34.4 Å². The fourth-order valence-corrected chi connectivity index (χ4v) is 4.73. The summed E-state index contributed by atoms with van der Waals surface area (Å²) < 4.78 is 7.54. The Labute approximate surface area is 217 Å². The molecule has 1 aromatic carbocycles. The molecule has 0 bridgehead atoms. The van der Waals surface area contributed by atoms with Crippen LogP contribution in [0, 0.1) is 0 Å². The molecule has 2 aliphatic rings. The zero-order valence-corrected chi connectivity index (χ0v) is 21.4. The van der Waals surface area contributed by atoms with Crippen molar-refractivity contribution in [2.75, 3.05) is 19.8 Å². The standard InChI is InChI=1S/C24H30ClN5O7/c1-23(10-31,22(35)36)28-19(33)18(14-5-4-6-26-14)27-21(34)24(2)11-37-20(29-24)13-9-30(3)15-7-12(25)8-16(32)17(13)15/h7-9,14,18,26,31-32H,4-6,10-11H2,1-3H3,(H,27,34)(H,28,33)(H,35,36). The van der Waals surface area contributed by atoms with Gasteiger partial charge in [0.25, 0.3) is 5.91 Å². The monoisotopic (exact) mass is 535 g/mol. The predicted octanol–water partition coefficient (Wildman–Crippen LogP) is 0.261. The summed E-state index contributed by atoms with van der Waals surface area (Å²) in [6, 6.07) is 1.55. The molecule has 1 saturated heterocycles. The van der Waals surface area contributed by atoms with Gasteiger partial charge < -0.3 is 40.6 Å². The molecule has 6 N–H and O–H groups in total. The third kappa shape index (κ3) is 4.96. The second kappa shape index (κ2) is 9.84. The number of halogens is 1. The maximum Gasteiger partial charge on any atom is 0.331 e. The van der Waals surface area contributed by atoms with Gasteiger partial charge in [-0.05, 0) is 45.4 Å². The number of hydrogen-bond acceptors (Lipinski definition) is 8. The van der Waals surface area contributed by atoms with E-state index in [4.69, 9.17) is 16.3 Å². The fraction of sp³-hybridized carbons (Fsp3) is 0.500. The van der Waals surface area contributed by atoms with Gasteiger partial charge in [-0.15, -0.1) is 0 Å². The summed E-state index contributed by atoms with van der Waals surface area (Å²) >= 11 is 6.07. The molecule has 37 heavy (non-hydrogen) atoms. The number of aromatic hydroxyl groups is 1. The summed E-state index contributed by atoms with van der Waals surface area (Å²) in [6.45, 7) is 2.44. The number of phenolic OH excluding ortho intramolecular Hbond substituents is 1. The fourth-order valence-electron chi connectivity index (χ4n) is 4.53. The molecule has 13 heteroatoms. The topological polar surface area (TPSA) is 175 Å². The Morgan fingerprint density at radius 2 is 2.14 bits per heavy atom. The smallest absolute Gasteiger partial charge is 0.331 e. The number of carbonyl (C=O) groups is 3. The Hall–Kier alpha value is -3.35. The molecule has 12 nitrogen and oxygen atoms in total. The van der Waals surface area contributed by atoms with E-state index in [0.29, 0.717) is 34.5 Å². The number of aliphatic hydroxyl groups is 1. The number of carbonyl (C=O) groups excluding carboxylic acids is 2. The van der Waals surface area contributed by atoms with Crippen molar-refractivity contribution in [3.05, 3.63) is 28.9 Å². The predicted molar refractivity (Wildman–Crippen MR) is 135 cm³/mol. The SMILES string of the molecule is Cn1cc(C2=NC(C)(C(=O)NC(C(=O)NC(C)(CO)C(=O)O)C3CCCN3)CO2)c2c(O)cc(Cl)cc21. The Balaban J connectivity index is 1.60. The average Bonchev–Trinajstić information content (AvgIpc) is 3.57. The maximum absolute atomic E-state index is 13.4. The molecule has 2 aromatic rings. The molecule has 4 rings (SSSR count). The molecule has 1 fully saturated rings. The van der Waals surface area contributed by atoms with Crippen molar-refractivity contribution >= 4 is 46.2 Å². The highest BCUT2D eigenvalue weighted by Crippen LogP contribution is 2.35. The number of aliphatic hydroxyl groups excluding tert-OH is 1. The normalized spacial score (nSPS) is 23.7. The summed E-state index contributed by atoms with van der Waals surface area (Å²) in [5.74, 6) is -2.64. The van der Waals surface area contributed by atoms with Crippen LogP contribution in [0.15, 0.2) is 23.3 Å². The number of hydrogen-bond donors (Lipinski definition) is 6. The van der Waals surface area contributed by atoms with E-state index in [9.17, 15) is 29.7 Å². The Morgan fingerprint density at radius 1 is 1.41 bits per heavy atom. The van der Waals surface area contributed by atoms with Gasteiger partial charge in [-0.1, -0.05) is 11.6 Å². The summed E-state index contributed by atoms with van der Waals surface area (Å²) in [5.41, 5.74) is -2.18. The third-order valence-electron chi connectivity index (χ3n) is 6.85. The number of aromatic nitrogens is 1. The molecule has 0 saturated carbocycles. The van der Waals surface area contributed by atoms with Crippen LogP contribution in [0.25, 0.3) is 10.9 Å². The first-order chi connectivity index (χ1) is 17.4. The molecule has 2 aliphatic heterocycles. The minimum atomic E-state index is -1.91. The molecule has 2 amide bonds. The van der Waals surface area contributed by atoms with Crippen molar-refractivity contribution in [3.8, 4) is 5.75 Å². The number of rotatable bonds is 8. The minimum absolute atomic E-state index is 0.0585. The summed E-state index contributed by atoms with van der Waals surface area (Å²) in [7, 11) is 1.78. The summed E-state index contributed by atoms with van der Waals surface area (Å²) in [4.78, 5) is 42.6. The van der Waals surface area contributed by atoms with Crippen LogP contribution in [0.2, 0.25) is 5.02 Å². The van der Waals surface area contributed by atoms with Crippen LogP contribution in [0.5, 0.6) is 5.75 Å². The number of benzene rings is 1. The van der Waals surface area contributed by atoms with E-state index in [1.165, 1.54) is 13.0 Å². The van der Waals surface area contributed by atoms with Crippen molar-refractivity contribution in [2.24, 2.45) is 12.0 Å². The molecule has 4 unspecified atom stereocenters. The second-order valence-electron chi connectivity index (χ2n) is 9.89. The highest BCUT2D eigenvalue weighted by atomic mass is 35.5. The zero-order valence-electron chi connectivity index (χ0n) is 20.7. The molecule has 200 valence electrons. The summed E-state index contributed by atoms with van der Waals surface area (Å²) in [5, 5.41) is 38.5. The maximum atomic E-state index is 13.4. The van der Waals surface area contributed by atoms with Crippen LogP contribution in [0.4, 0.5) is 0 Å². The lowest BCUT2D eigenvalue weighted by molar-refractivity contribution is -0.149. The number of fused-ring (bicyclic) bond motifs is 1. The highest BCUT2D eigenvalue weighted by molar-refractivity contribution is 6.31. The van der Waals surface area contributed by atoms with Crippen molar-refractivity contribution in [2.45, 2.75) is 49.9 Å². The van der Waals surface area contributed by atoms with Gasteiger partial charge in [0.1, 0.15) is 18.4 Å². The lowest BCUT2D eigenvalue weighted by Gasteiger charge is -2.31. The molecule has 0 spiro atoms. The number of carboxylic acids is 1. The first-order valence-corrected chi connectivity index (χ1v) is 12.2. The van der Waals surface area contributed by atoms with E-state index in [1.54, 1.807) is 30.8 Å². The number of amides is 2. The Kier molecular flexibility index (Phi) is 7.10. The number of nitrogens with zero attached hydrogens (tertiary/aromatic N) is 2. The largest absolute Gasteiger partial charge is 0.507 e. The summed E-state index contributed by atoms with van der Waals surface area (Å²) in [6.07, 6.45) is 3.07. The van der Waals surface area contributed by atoms with Crippen LogP contribution in [-0.2, 0) is 26.2 Å². The van der Waals surface area contributed by atoms with Crippen molar-refractivity contribution in [1.82, 2.24) is 20.5 Å². The molecule has 4 atom stereocenters. The number of ether oxygens (including phenoxy) is 1. The molecular weight excluding hydrogens is 506 g/mol. The third-order valence-corrected chi connectivity index (χ3v) is 7.07. The number of phenols is 1. The number of aliphatic carboxylic acids is 1. The Morgan fingerprint density at radius 3 is 2.76 bits per heavy atom. The van der Waals surface area contributed by atoms with E-state index in [1.807, 2.05) is 0 Å². The van der Waals surface area contributed by atoms with Gasteiger partial charge in [0.15, 0.2) is 11.1 Å².